The van der Waals surface area contributed by atoms with E-state index in [9.17, 15) is 4.79 Å². The molecule has 1 amide bonds. The van der Waals surface area contributed by atoms with Gasteiger partial charge in [-0.3, -0.25) is 4.79 Å². The molecule has 1 aromatic heterocycles. The predicted octanol–water partition coefficient (Wildman–Crippen LogP) is 5.12. The number of thioether (sulfide) groups is 2. The Bertz CT molecular complexity index is 850. The van der Waals surface area contributed by atoms with E-state index in [0.29, 0.717) is 5.75 Å². The molecule has 0 fully saturated rings. The van der Waals surface area contributed by atoms with Gasteiger partial charge in [-0.2, -0.15) is 0 Å². The number of carbonyl (C=O) groups excluding carboxylic acids is 1. The number of hydrogen-bond acceptors (Lipinski definition) is 6. The third-order valence-electron chi connectivity index (χ3n) is 3.71. The first-order chi connectivity index (χ1) is 13.2. The Morgan fingerprint density at radius 1 is 0.963 bits per heavy atom. The van der Waals surface area contributed by atoms with Crippen molar-refractivity contribution in [1.82, 2.24) is 15.5 Å². The summed E-state index contributed by atoms with van der Waals surface area (Å²) in [5.41, 5.74) is 3.70. The third-order valence-corrected chi connectivity index (χ3v) is 6.97. The summed E-state index contributed by atoms with van der Waals surface area (Å²) in [5.74, 6) is 1.29. The van der Waals surface area contributed by atoms with Crippen LogP contribution in [-0.4, -0.2) is 28.4 Å². The number of amides is 1. The molecule has 0 atom stereocenters. The Morgan fingerprint density at radius 3 is 2.33 bits per heavy atom. The molecule has 3 aromatic rings. The summed E-state index contributed by atoms with van der Waals surface area (Å²) in [5, 5.41) is 11.2. The topological polar surface area (TPSA) is 54.9 Å². The first kappa shape index (κ1) is 19.9. The SMILES string of the molecule is CCCNC(=O)CSc1nnc(SCc2ccc(-c3ccccc3)cc2)s1. The van der Waals surface area contributed by atoms with Gasteiger partial charge in [0.25, 0.3) is 0 Å². The van der Waals surface area contributed by atoms with Crippen LogP contribution in [0.5, 0.6) is 0 Å². The van der Waals surface area contributed by atoms with Crippen molar-refractivity contribution < 1.29 is 4.79 Å². The molecule has 0 aliphatic heterocycles. The highest BCUT2D eigenvalue weighted by molar-refractivity contribution is 8.03. The number of nitrogens with one attached hydrogen (secondary N) is 1. The van der Waals surface area contributed by atoms with Gasteiger partial charge in [-0.05, 0) is 23.1 Å². The van der Waals surface area contributed by atoms with Crippen molar-refractivity contribution in [1.29, 1.82) is 0 Å². The average molecular weight is 416 g/mol. The minimum atomic E-state index is 0.0461. The van der Waals surface area contributed by atoms with Crippen molar-refractivity contribution in [2.45, 2.75) is 27.8 Å². The molecule has 0 bridgehead atoms. The summed E-state index contributed by atoms with van der Waals surface area (Å²) in [6, 6.07) is 19.0. The highest BCUT2D eigenvalue weighted by atomic mass is 32.2. The maximum atomic E-state index is 11.6. The fourth-order valence-corrected chi connectivity index (χ4v) is 5.13. The van der Waals surface area contributed by atoms with Crippen LogP contribution in [0.4, 0.5) is 0 Å². The Morgan fingerprint density at radius 2 is 1.63 bits per heavy atom. The molecule has 7 heteroatoms. The van der Waals surface area contributed by atoms with Crippen LogP contribution in [-0.2, 0) is 10.5 Å². The normalized spacial score (nSPS) is 10.7. The van der Waals surface area contributed by atoms with E-state index >= 15 is 0 Å². The van der Waals surface area contributed by atoms with E-state index in [1.54, 1.807) is 23.1 Å². The van der Waals surface area contributed by atoms with Crippen molar-refractivity contribution >= 4 is 40.8 Å². The molecular weight excluding hydrogens is 394 g/mol. The van der Waals surface area contributed by atoms with E-state index in [-0.39, 0.29) is 5.91 Å². The van der Waals surface area contributed by atoms with Gasteiger partial charge in [0.15, 0.2) is 8.68 Å². The fraction of sp³-hybridized carbons (Fsp3) is 0.250. The van der Waals surface area contributed by atoms with Gasteiger partial charge in [-0.25, -0.2) is 0 Å². The van der Waals surface area contributed by atoms with Gasteiger partial charge in [-0.15, -0.1) is 10.2 Å². The molecule has 2 aromatic carbocycles. The van der Waals surface area contributed by atoms with E-state index in [0.717, 1.165) is 27.4 Å². The number of rotatable bonds is 9. The molecule has 27 heavy (non-hydrogen) atoms. The standard InChI is InChI=1S/C20H21N3OS3/c1-2-12-21-18(24)14-26-20-23-22-19(27-20)25-13-15-8-10-17(11-9-15)16-6-4-3-5-7-16/h3-11H,2,12-14H2,1H3,(H,21,24). The quantitative estimate of drug-likeness (QED) is 0.492. The number of nitrogens with zero attached hydrogens (tertiary/aromatic N) is 2. The van der Waals surface area contributed by atoms with Crippen LogP contribution in [0.15, 0.2) is 63.3 Å². The molecule has 1 heterocycles. The molecule has 4 nitrogen and oxygen atoms in total. The second-order valence-electron chi connectivity index (χ2n) is 5.82. The largest absolute Gasteiger partial charge is 0.355 e. The lowest BCUT2D eigenvalue weighted by molar-refractivity contribution is -0.118. The zero-order chi connectivity index (χ0) is 18.9. The maximum absolute atomic E-state index is 11.6. The van der Waals surface area contributed by atoms with Gasteiger partial charge in [0.05, 0.1) is 5.75 Å². The number of hydrogen-bond donors (Lipinski definition) is 1. The summed E-state index contributed by atoms with van der Waals surface area (Å²) in [4.78, 5) is 11.6. The van der Waals surface area contributed by atoms with Gasteiger partial charge in [-0.1, -0.05) is 96.4 Å². The summed E-state index contributed by atoms with van der Waals surface area (Å²) < 4.78 is 1.77. The predicted molar refractivity (Wildman–Crippen MR) is 115 cm³/mol. The lowest BCUT2D eigenvalue weighted by atomic mass is 10.0. The smallest absolute Gasteiger partial charge is 0.230 e. The van der Waals surface area contributed by atoms with Crippen molar-refractivity contribution in [2.24, 2.45) is 0 Å². The van der Waals surface area contributed by atoms with Crippen LogP contribution >= 0.6 is 34.9 Å². The average Bonchev–Trinajstić information content (AvgIpc) is 3.18. The van der Waals surface area contributed by atoms with E-state index in [2.05, 4.69) is 64.0 Å². The zero-order valence-electron chi connectivity index (χ0n) is 15.1. The van der Waals surface area contributed by atoms with Crippen LogP contribution in [0.1, 0.15) is 18.9 Å². The van der Waals surface area contributed by atoms with Crippen molar-refractivity contribution in [3.63, 3.8) is 0 Å². The monoisotopic (exact) mass is 415 g/mol. The van der Waals surface area contributed by atoms with E-state index in [1.165, 1.54) is 28.5 Å². The van der Waals surface area contributed by atoms with E-state index in [4.69, 9.17) is 0 Å². The molecule has 0 aliphatic carbocycles. The van der Waals surface area contributed by atoms with Crippen molar-refractivity contribution in [2.75, 3.05) is 12.3 Å². The van der Waals surface area contributed by atoms with Gasteiger partial charge in [0, 0.05) is 12.3 Å². The summed E-state index contributed by atoms with van der Waals surface area (Å²) in [7, 11) is 0. The Kier molecular flexibility index (Phi) is 7.74. The van der Waals surface area contributed by atoms with E-state index < -0.39 is 0 Å². The Labute approximate surface area is 172 Å². The molecule has 0 unspecified atom stereocenters. The molecule has 3 rings (SSSR count). The van der Waals surface area contributed by atoms with Crippen LogP contribution in [0.2, 0.25) is 0 Å². The first-order valence-corrected chi connectivity index (χ1v) is 11.5. The number of benzene rings is 2. The third kappa shape index (κ3) is 6.37. The number of aromatic nitrogens is 2. The second-order valence-corrected chi connectivity index (χ2v) is 9.25. The minimum Gasteiger partial charge on any atom is -0.355 e. The summed E-state index contributed by atoms with van der Waals surface area (Å²) in [6.07, 6.45) is 0.947. The highest BCUT2D eigenvalue weighted by Gasteiger charge is 2.08. The molecule has 1 N–H and O–H groups in total. The Hall–Kier alpha value is -1.83. The molecule has 140 valence electrons. The minimum absolute atomic E-state index is 0.0461. The lowest BCUT2D eigenvalue weighted by Gasteiger charge is -2.03. The zero-order valence-corrected chi connectivity index (χ0v) is 17.5. The van der Waals surface area contributed by atoms with Crippen LogP contribution in [0, 0.1) is 0 Å². The van der Waals surface area contributed by atoms with Crippen LogP contribution in [0.25, 0.3) is 11.1 Å². The summed E-state index contributed by atoms with van der Waals surface area (Å²) in [6.45, 7) is 2.76. The van der Waals surface area contributed by atoms with Crippen LogP contribution < -0.4 is 5.32 Å². The van der Waals surface area contributed by atoms with Crippen LogP contribution in [0.3, 0.4) is 0 Å². The molecular formula is C20H21N3OS3. The van der Waals surface area contributed by atoms with E-state index in [1.807, 2.05) is 13.0 Å². The van der Waals surface area contributed by atoms with Gasteiger partial charge < -0.3 is 5.32 Å². The Balaban J connectivity index is 1.48. The van der Waals surface area contributed by atoms with Gasteiger partial charge in [0.2, 0.25) is 5.91 Å². The molecule has 0 spiro atoms. The molecule has 0 saturated carbocycles. The van der Waals surface area contributed by atoms with Crippen molar-refractivity contribution in [3.8, 4) is 11.1 Å². The molecule has 0 radical (unpaired) electrons. The highest BCUT2D eigenvalue weighted by Crippen LogP contribution is 2.31. The molecule has 0 saturated heterocycles. The van der Waals surface area contributed by atoms with Crippen molar-refractivity contribution in [3.05, 3.63) is 60.2 Å². The van der Waals surface area contributed by atoms with Gasteiger partial charge in [0.1, 0.15) is 0 Å². The summed E-state index contributed by atoms with van der Waals surface area (Å²) >= 11 is 4.66. The first-order valence-electron chi connectivity index (χ1n) is 8.75. The fourth-order valence-electron chi connectivity index (χ4n) is 2.33. The lowest BCUT2D eigenvalue weighted by Crippen LogP contribution is -2.25. The molecule has 0 aliphatic rings. The second kappa shape index (κ2) is 10.5. The van der Waals surface area contributed by atoms with Gasteiger partial charge >= 0.3 is 0 Å². The number of carbonyl (C=O) groups is 1. The maximum Gasteiger partial charge on any atom is 0.230 e.